The molecule has 1 fully saturated rings. The zero-order chi connectivity index (χ0) is 15.2. The Balaban J connectivity index is 1.93. The van der Waals surface area contributed by atoms with Crippen molar-refractivity contribution in [3.8, 4) is 0 Å². The molecule has 5 heteroatoms. The topological polar surface area (TPSA) is 92.4 Å². The van der Waals surface area contributed by atoms with Crippen LogP contribution in [-0.2, 0) is 9.59 Å². The third kappa shape index (κ3) is 3.82. The van der Waals surface area contributed by atoms with Gasteiger partial charge in [0, 0.05) is 13.1 Å². The van der Waals surface area contributed by atoms with Gasteiger partial charge < -0.3 is 16.2 Å². The molecule has 2 rings (SSSR count). The molecule has 21 heavy (non-hydrogen) atoms. The molecule has 0 radical (unpaired) electrons. The third-order valence-corrected chi connectivity index (χ3v) is 4.27. The second kappa shape index (κ2) is 7.22. The first kappa shape index (κ1) is 15.5. The summed E-state index contributed by atoms with van der Waals surface area (Å²) in [6, 6.07) is 9.41. The quantitative estimate of drug-likeness (QED) is 0.737. The molecule has 114 valence electrons. The van der Waals surface area contributed by atoms with Crippen molar-refractivity contribution < 1.29 is 14.7 Å². The van der Waals surface area contributed by atoms with Gasteiger partial charge in [0.05, 0.1) is 11.8 Å². The van der Waals surface area contributed by atoms with Crippen LogP contribution in [0.3, 0.4) is 0 Å². The number of carbonyl (C=O) groups is 2. The van der Waals surface area contributed by atoms with Crippen LogP contribution in [-0.4, -0.2) is 30.1 Å². The first-order valence-corrected chi connectivity index (χ1v) is 7.39. The lowest BCUT2D eigenvalue weighted by atomic mass is 9.95. The lowest BCUT2D eigenvalue weighted by molar-refractivity contribution is -0.143. The number of hydrogen-bond acceptors (Lipinski definition) is 3. The molecule has 1 aromatic carbocycles. The molecule has 4 N–H and O–H groups in total. The molecule has 0 spiro atoms. The lowest BCUT2D eigenvalue weighted by Gasteiger charge is -2.19. The van der Waals surface area contributed by atoms with Gasteiger partial charge in [0.2, 0.25) is 5.91 Å². The molecule has 1 aliphatic rings. The molecular formula is C16H22N2O3. The van der Waals surface area contributed by atoms with Gasteiger partial charge in [-0.05, 0) is 24.3 Å². The molecule has 1 aromatic rings. The molecule has 3 atom stereocenters. The van der Waals surface area contributed by atoms with E-state index in [2.05, 4.69) is 5.32 Å². The van der Waals surface area contributed by atoms with Crippen LogP contribution in [0.15, 0.2) is 30.3 Å². The monoisotopic (exact) mass is 290 g/mol. The number of nitrogens with two attached hydrogens (primary N) is 1. The summed E-state index contributed by atoms with van der Waals surface area (Å²) in [6.07, 6.45) is 2.47. The summed E-state index contributed by atoms with van der Waals surface area (Å²) < 4.78 is 0. The number of carboxylic acids is 1. The highest BCUT2D eigenvalue weighted by Crippen LogP contribution is 2.31. The number of rotatable bonds is 6. The molecule has 3 unspecified atom stereocenters. The van der Waals surface area contributed by atoms with Crippen LogP contribution in [0.4, 0.5) is 0 Å². The SMILES string of the molecule is NCC(C(=O)NCC1CCCC1C(=O)O)c1ccccc1. The van der Waals surface area contributed by atoms with E-state index < -0.39 is 5.97 Å². The second-order valence-electron chi connectivity index (χ2n) is 5.58. The minimum Gasteiger partial charge on any atom is -0.481 e. The van der Waals surface area contributed by atoms with E-state index >= 15 is 0 Å². The predicted octanol–water partition coefficient (Wildman–Crippen LogP) is 1.35. The number of benzene rings is 1. The van der Waals surface area contributed by atoms with Crippen molar-refractivity contribution in [2.45, 2.75) is 25.2 Å². The first-order valence-electron chi connectivity index (χ1n) is 7.39. The average Bonchev–Trinajstić information content (AvgIpc) is 2.95. The van der Waals surface area contributed by atoms with Crippen LogP contribution in [0.25, 0.3) is 0 Å². The van der Waals surface area contributed by atoms with E-state index in [4.69, 9.17) is 10.8 Å². The Morgan fingerprint density at radius 1 is 1.29 bits per heavy atom. The van der Waals surface area contributed by atoms with E-state index in [1.165, 1.54) is 0 Å². The lowest BCUT2D eigenvalue weighted by Crippen LogP contribution is -2.38. The van der Waals surface area contributed by atoms with Crippen molar-refractivity contribution in [2.75, 3.05) is 13.1 Å². The summed E-state index contributed by atoms with van der Waals surface area (Å²) in [6.45, 7) is 0.655. The van der Waals surface area contributed by atoms with Gasteiger partial charge in [-0.15, -0.1) is 0 Å². The van der Waals surface area contributed by atoms with Crippen molar-refractivity contribution in [3.63, 3.8) is 0 Å². The molecule has 0 aromatic heterocycles. The number of hydrogen-bond donors (Lipinski definition) is 3. The second-order valence-corrected chi connectivity index (χ2v) is 5.58. The van der Waals surface area contributed by atoms with Gasteiger partial charge in [-0.3, -0.25) is 9.59 Å². The summed E-state index contributed by atoms with van der Waals surface area (Å²) in [5.74, 6) is -1.57. The molecule has 0 bridgehead atoms. The molecule has 5 nitrogen and oxygen atoms in total. The van der Waals surface area contributed by atoms with E-state index in [0.717, 1.165) is 18.4 Å². The third-order valence-electron chi connectivity index (χ3n) is 4.27. The minimum absolute atomic E-state index is 0.0284. The van der Waals surface area contributed by atoms with Crippen LogP contribution in [0, 0.1) is 11.8 Å². The molecule has 1 saturated carbocycles. The fourth-order valence-corrected chi connectivity index (χ4v) is 3.04. The van der Waals surface area contributed by atoms with E-state index in [-0.39, 0.29) is 30.2 Å². The Morgan fingerprint density at radius 3 is 2.62 bits per heavy atom. The van der Waals surface area contributed by atoms with Gasteiger partial charge in [-0.1, -0.05) is 36.8 Å². The summed E-state index contributed by atoms with van der Waals surface area (Å²) in [4.78, 5) is 23.4. The van der Waals surface area contributed by atoms with Crippen LogP contribution in [0.1, 0.15) is 30.7 Å². The smallest absolute Gasteiger partial charge is 0.306 e. The first-order chi connectivity index (χ1) is 10.1. The highest BCUT2D eigenvalue weighted by atomic mass is 16.4. The summed E-state index contributed by atoms with van der Waals surface area (Å²) in [5.41, 5.74) is 6.60. The molecule has 1 aliphatic carbocycles. The summed E-state index contributed by atoms with van der Waals surface area (Å²) in [5, 5.41) is 12.0. The molecular weight excluding hydrogens is 268 g/mol. The van der Waals surface area contributed by atoms with Gasteiger partial charge in [0.15, 0.2) is 0 Å². The van der Waals surface area contributed by atoms with Crippen molar-refractivity contribution in [1.82, 2.24) is 5.32 Å². The van der Waals surface area contributed by atoms with Crippen LogP contribution in [0.2, 0.25) is 0 Å². The van der Waals surface area contributed by atoms with Gasteiger partial charge >= 0.3 is 5.97 Å². The largest absolute Gasteiger partial charge is 0.481 e. The normalized spacial score (nSPS) is 22.7. The fraction of sp³-hybridized carbons (Fsp3) is 0.500. The van der Waals surface area contributed by atoms with Crippen molar-refractivity contribution in [3.05, 3.63) is 35.9 Å². The summed E-state index contributed by atoms with van der Waals surface area (Å²) >= 11 is 0. The fourth-order valence-electron chi connectivity index (χ4n) is 3.04. The minimum atomic E-state index is -0.759. The zero-order valence-electron chi connectivity index (χ0n) is 12.0. The van der Waals surface area contributed by atoms with Crippen LogP contribution in [0.5, 0.6) is 0 Å². The number of carboxylic acid groups (broad SMARTS) is 1. The Bertz CT molecular complexity index is 490. The Labute approximate surface area is 124 Å². The van der Waals surface area contributed by atoms with E-state index in [1.54, 1.807) is 0 Å². The van der Waals surface area contributed by atoms with E-state index in [9.17, 15) is 9.59 Å². The van der Waals surface area contributed by atoms with Gasteiger partial charge in [-0.25, -0.2) is 0 Å². The van der Waals surface area contributed by atoms with Gasteiger partial charge in [-0.2, -0.15) is 0 Å². The van der Waals surface area contributed by atoms with E-state index in [1.807, 2.05) is 30.3 Å². The standard InChI is InChI=1S/C16H22N2O3/c17-9-14(11-5-2-1-3-6-11)15(19)18-10-12-7-4-8-13(12)16(20)21/h1-3,5-6,12-14H,4,7-10,17H2,(H,18,19)(H,20,21). The molecule has 1 amide bonds. The van der Waals surface area contributed by atoms with Crippen LogP contribution >= 0.6 is 0 Å². The highest BCUT2D eigenvalue weighted by Gasteiger charge is 2.33. The maximum Gasteiger partial charge on any atom is 0.306 e. The summed E-state index contributed by atoms with van der Waals surface area (Å²) in [7, 11) is 0. The Hall–Kier alpha value is -1.88. The Kier molecular flexibility index (Phi) is 5.33. The number of nitrogens with one attached hydrogen (secondary N) is 1. The van der Waals surface area contributed by atoms with Crippen LogP contribution < -0.4 is 11.1 Å². The zero-order valence-corrected chi connectivity index (χ0v) is 12.0. The van der Waals surface area contributed by atoms with E-state index in [0.29, 0.717) is 13.0 Å². The van der Waals surface area contributed by atoms with Crippen molar-refractivity contribution in [2.24, 2.45) is 17.6 Å². The average molecular weight is 290 g/mol. The number of amides is 1. The number of carbonyl (C=O) groups excluding carboxylic acids is 1. The Morgan fingerprint density at radius 2 is 2.00 bits per heavy atom. The molecule has 0 saturated heterocycles. The number of aliphatic carboxylic acids is 1. The maximum atomic E-state index is 12.3. The highest BCUT2D eigenvalue weighted by molar-refractivity contribution is 5.84. The van der Waals surface area contributed by atoms with Crippen molar-refractivity contribution in [1.29, 1.82) is 0 Å². The molecule has 0 aliphatic heterocycles. The van der Waals surface area contributed by atoms with Gasteiger partial charge in [0.1, 0.15) is 0 Å². The maximum absolute atomic E-state index is 12.3. The van der Waals surface area contributed by atoms with Crippen molar-refractivity contribution >= 4 is 11.9 Å². The van der Waals surface area contributed by atoms with Gasteiger partial charge in [0.25, 0.3) is 0 Å². The predicted molar refractivity (Wildman–Crippen MR) is 79.7 cm³/mol. The molecule has 0 heterocycles.